The van der Waals surface area contributed by atoms with Crippen molar-refractivity contribution in [2.75, 3.05) is 6.26 Å². The fraction of sp³-hybridized carbons (Fsp3) is 0.238. The van der Waals surface area contributed by atoms with Gasteiger partial charge in [0, 0.05) is 23.1 Å². The Balaban J connectivity index is 1.80. The zero-order chi connectivity index (χ0) is 23.0. The number of aromatic nitrogens is 2. The summed E-state index contributed by atoms with van der Waals surface area (Å²) < 4.78 is 63.5. The standard InChI is InChI=1S/C21H20F3N3O3S/c1-13(26-20(28)15-7-9-18(10-8-15)31(3,29)30)19-12-25-27(14(19)2)17-6-4-5-16(11-17)21(22,23)24/h4-13H,1-3H3,(H,26,28)/t13-/m1/s1. The summed E-state index contributed by atoms with van der Waals surface area (Å²) in [5.74, 6) is -0.418. The average molecular weight is 451 g/mol. The summed E-state index contributed by atoms with van der Waals surface area (Å²) in [5, 5.41) is 6.97. The molecule has 0 aliphatic rings. The summed E-state index contributed by atoms with van der Waals surface area (Å²) in [6.45, 7) is 3.43. The number of nitrogens with one attached hydrogen (secondary N) is 1. The molecule has 0 bridgehead atoms. The maximum atomic E-state index is 13.0. The van der Waals surface area contributed by atoms with E-state index in [1.54, 1.807) is 13.8 Å². The molecule has 1 heterocycles. The van der Waals surface area contributed by atoms with Crippen LogP contribution in [-0.2, 0) is 16.0 Å². The minimum Gasteiger partial charge on any atom is -0.345 e. The number of halogens is 3. The number of nitrogens with zero attached hydrogens (tertiary/aromatic N) is 2. The first-order chi connectivity index (χ1) is 14.4. The Hall–Kier alpha value is -3.14. The number of hydrogen-bond acceptors (Lipinski definition) is 4. The van der Waals surface area contributed by atoms with E-state index in [1.807, 2.05) is 0 Å². The van der Waals surface area contributed by atoms with Crippen LogP contribution in [-0.4, -0.2) is 30.4 Å². The monoisotopic (exact) mass is 451 g/mol. The molecule has 0 spiro atoms. The number of rotatable bonds is 5. The molecule has 1 aromatic heterocycles. The molecule has 2 aromatic carbocycles. The zero-order valence-corrected chi connectivity index (χ0v) is 17.8. The number of alkyl halides is 3. The van der Waals surface area contributed by atoms with Gasteiger partial charge < -0.3 is 5.32 Å². The van der Waals surface area contributed by atoms with Gasteiger partial charge in [-0.05, 0) is 56.3 Å². The minimum atomic E-state index is -4.46. The maximum Gasteiger partial charge on any atom is 0.416 e. The predicted octanol–water partition coefficient (Wildman–Crippen LogP) is 4.09. The number of hydrogen-bond donors (Lipinski definition) is 1. The number of sulfone groups is 1. The molecule has 0 radical (unpaired) electrons. The van der Waals surface area contributed by atoms with Gasteiger partial charge in [0.15, 0.2) is 9.84 Å². The van der Waals surface area contributed by atoms with E-state index in [4.69, 9.17) is 0 Å². The van der Waals surface area contributed by atoms with Crippen molar-refractivity contribution < 1.29 is 26.4 Å². The van der Waals surface area contributed by atoms with E-state index in [1.165, 1.54) is 47.3 Å². The van der Waals surface area contributed by atoms with Gasteiger partial charge in [-0.2, -0.15) is 18.3 Å². The van der Waals surface area contributed by atoms with Crippen molar-refractivity contribution in [3.63, 3.8) is 0 Å². The van der Waals surface area contributed by atoms with Crippen molar-refractivity contribution in [3.8, 4) is 5.69 Å². The lowest BCUT2D eigenvalue weighted by Gasteiger charge is -2.15. The SMILES string of the molecule is Cc1c([C@@H](C)NC(=O)c2ccc(S(C)(=O)=O)cc2)cnn1-c1cccc(C(F)(F)F)c1. The second kappa shape index (κ2) is 8.18. The van der Waals surface area contributed by atoms with Gasteiger partial charge >= 0.3 is 6.18 Å². The molecular weight excluding hydrogens is 431 g/mol. The van der Waals surface area contributed by atoms with Crippen molar-refractivity contribution in [1.82, 2.24) is 15.1 Å². The highest BCUT2D eigenvalue weighted by Crippen LogP contribution is 2.31. The summed E-state index contributed by atoms with van der Waals surface area (Å²) in [5.41, 5.74) is 0.981. The van der Waals surface area contributed by atoms with Crippen LogP contribution in [0.2, 0.25) is 0 Å². The molecule has 0 fully saturated rings. The molecule has 10 heteroatoms. The van der Waals surface area contributed by atoms with Crippen molar-refractivity contribution in [2.45, 2.75) is 31.0 Å². The zero-order valence-electron chi connectivity index (χ0n) is 16.9. The average Bonchev–Trinajstić information content (AvgIpc) is 3.08. The molecule has 1 N–H and O–H groups in total. The highest BCUT2D eigenvalue weighted by molar-refractivity contribution is 7.90. The number of benzene rings is 2. The normalized spacial score (nSPS) is 13.1. The Kier molecular flexibility index (Phi) is 5.95. The Morgan fingerprint density at radius 2 is 1.77 bits per heavy atom. The van der Waals surface area contributed by atoms with E-state index in [2.05, 4.69) is 10.4 Å². The van der Waals surface area contributed by atoms with Gasteiger partial charge in [-0.25, -0.2) is 13.1 Å². The van der Waals surface area contributed by atoms with E-state index in [0.717, 1.165) is 18.4 Å². The first-order valence-corrected chi connectivity index (χ1v) is 11.1. The van der Waals surface area contributed by atoms with Crippen LogP contribution in [0.3, 0.4) is 0 Å². The lowest BCUT2D eigenvalue weighted by Crippen LogP contribution is -2.27. The molecule has 1 amide bonds. The Morgan fingerprint density at radius 1 is 1.13 bits per heavy atom. The van der Waals surface area contributed by atoms with Crippen LogP contribution < -0.4 is 5.32 Å². The van der Waals surface area contributed by atoms with Gasteiger partial charge in [0.25, 0.3) is 5.91 Å². The van der Waals surface area contributed by atoms with Crippen LogP contribution in [0.1, 0.15) is 40.1 Å². The molecule has 1 atom stereocenters. The first kappa shape index (κ1) is 22.5. The Bertz CT molecular complexity index is 1220. The molecule has 0 unspecified atom stereocenters. The summed E-state index contributed by atoms with van der Waals surface area (Å²) in [6, 6.07) is 9.88. The Labute approximate surface area is 177 Å². The van der Waals surface area contributed by atoms with Crippen LogP contribution in [0.25, 0.3) is 5.69 Å². The lowest BCUT2D eigenvalue weighted by molar-refractivity contribution is -0.137. The molecular formula is C21H20F3N3O3S. The van der Waals surface area contributed by atoms with Crippen molar-refractivity contribution in [3.05, 3.63) is 77.1 Å². The van der Waals surface area contributed by atoms with Gasteiger partial charge in [0.2, 0.25) is 0 Å². The fourth-order valence-electron chi connectivity index (χ4n) is 3.13. The molecule has 164 valence electrons. The van der Waals surface area contributed by atoms with Crippen molar-refractivity contribution >= 4 is 15.7 Å². The highest BCUT2D eigenvalue weighted by atomic mass is 32.2. The number of carbonyl (C=O) groups is 1. The third-order valence-corrected chi connectivity index (χ3v) is 5.95. The second-order valence-electron chi connectivity index (χ2n) is 7.14. The predicted molar refractivity (Wildman–Crippen MR) is 109 cm³/mol. The minimum absolute atomic E-state index is 0.107. The van der Waals surface area contributed by atoms with Gasteiger partial charge in [0.05, 0.1) is 28.4 Å². The molecule has 0 saturated heterocycles. The molecule has 6 nitrogen and oxygen atoms in total. The summed E-state index contributed by atoms with van der Waals surface area (Å²) in [6.07, 6.45) is -1.89. The quantitative estimate of drug-likeness (QED) is 0.634. The summed E-state index contributed by atoms with van der Waals surface area (Å²) in [7, 11) is -3.37. The maximum absolute atomic E-state index is 13.0. The van der Waals surface area contributed by atoms with Crippen molar-refractivity contribution in [2.24, 2.45) is 0 Å². The molecule has 31 heavy (non-hydrogen) atoms. The van der Waals surface area contributed by atoms with Crippen LogP contribution >= 0.6 is 0 Å². The van der Waals surface area contributed by atoms with E-state index in [0.29, 0.717) is 11.3 Å². The van der Waals surface area contributed by atoms with E-state index in [9.17, 15) is 26.4 Å². The van der Waals surface area contributed by atoms with Gasteiger partial charge in [-0.1, -0.05) is 6.07 Å². The summed E-state index contributed by atoms with van der Waals surface area (Å²) in [4.78, 5) is 12.6. The first-order valence-electron chi connectivity index (χ1n) is 9.21. The van der Waals surface area contributed by atoms with Crippen LogP contribution in [0.5, 0.6) is 0 Å². The highest BCUT2D eigenvalue weighted by Gasteiger charge is 2.30. The molecule has 0 aliphatic heterocycles. The topological polar surface area (TPSA) is 81.1 Å². The van der Waals surface area contributed by atoms with Crippen LogP contribution in [0.15, 0.2) is 59.6 Å². The molecule has 3 rings (SSSR count). The number of amides is 1. The molecule has 0 aliphatic carbocycles. The number of carbonyl (C=O) groups excluding carboxylic acids is 1. The van der Waals surface area contributed by atoms with Gasteiger partial charge in [-0.15, -0.1) is 0 Å². The van der Waals surface area contributed by atoms with Gasteiger partial charge in [-0.3, -0.25) is 4.79 Å². The molecule has 3 aromatic rings. The van der Waals surface area contributed by atoms with E-state index >= 15 is 0 Å². The lowest BCUT2D eigenvalue weighted by atomic mass is 10.1. The summed E-state index contributed by atoms with van der Waals surface area (Å²) >= 11 is 0. The van der Waals surface area contributed by atoms with E-state index in [-0.39, 0.29) is 16.1 Å². The third-order valence-electron chi connectivity index (χ3n) is 4.82. The third kappa shape index (κ3) is 4.96. The van der Waals surface area contributed by atoms with Crippen molar-refractivity contribution in [1.29, 1.82) is 0 Å². The fourth-order valence-corrected chi connectivity index (χ4v) is 3.76. The Morgan fingerprint density at radius 3 is 2.35 bits per heavy atom. The largest absolute Gasteiger partial charge is 0.416 e. The van der Waals surface area contributed by atoms with Gasteiger partial charge in [0.1, 0.15) is 0 Å². The second-order valence-corrected chi connectivity index (χ2v) is 9.15. The smallest absolute Gasteiger partial charge is 0.345 e. The van der Waals surface area contributed by atoms with E-state index < -0.39 is 33.5 Å². The van der Waals surface area contributed by atoms with Crippen LogP contribution in [0.4, 0.5) is 13.2 Å². The van der Waals surface area contributed by atoms with Crippen LogP contribution in [0, 0.1) is 6.92 Å². The molecule has 0 saturated carbocycles.